The van der Waals surface area contributed by atoms with Crippen LogP contribution >= 0.6 is 23.1 Å². The van der Waals surface area contributed by atoms with E-state index in [9.17, 15) is 4.79 Å². The maximum absolute atomic E-state index is 12.1. The van der Waals surface area contributed by atoms with Crippen molar-refractivity contribution >= 4 is 33.3 Å². The quantitative estimate of drug-likeness (QED) is 0.732. The van der Waals surface area contributed by atoms with Crippen molar-refractivity contribution in [1.82, 2.24) is 15.3 Å². The molecule has 0 amide bonds. The molecule has 0 aliphatic carbocycles. The summed E-state index contributed by atoms with van der Waals surface area (Å²) in [5, 5.41) is 4.11. The lowest BCUT2D eigenvalue weighted by atomic mass is 10.2. The molecule has 116 valence electrons. The molecule has 0 saturated heterocycles. The first-order valence-electron chi connectivity index (χ1n) is 7.32. The Morgan fingerprint density at radius 1 is 1.29 bits per heavy atom. The number of aryl methyl sites for hydroxylation is 2. The lowest BCUT2D eigenvalue weighted by Gasteiger charge is -2.04. The van der Waals surface area contributed by atoms with Crippen LogP contribution in [-0.4, -0.2) is 28.5 Å². The molecule has 2 N–H and O–H groups in total. The van der Waals surface area contributed by atoms with Crippen LogP contribution in [0.25, 0.3) is 10.2 Å². The summed E-state index contributed by atoms with van der Waals surface area (Å²) in [7, 11) is 0. The van der Waals surface area contributed by atoms with Crippen molar-refractivity contribution in [1.29, 1.82) is 0 Å². The molecule has 2 aromatic rings. The molecule has 2 rings (SSSR count). The summed E-state index contributed by atoms with van der Waals surface area (Å²) < 4.78 is 0. The standard InChI is InChI=1S/C15H23N3OS2/c1-10-11(2)21-15-13(10)14(19)17-12(18-15)9-16-7-5-4-6-8-20-3/h16H,4-9H2,1-3H3,(H,17,18,19). The Morgan fingerprint density at radius 3 is 2.86 bits per heavy atom. The Labute approximate surface area is 133 Å². The highest BCUT2D eigenvalue weighted by atomic mass is 32.2. The second-order valence-corrected chi connectivity index (χ2v) is 7.40. The van der Waals surface area contributed by atoms with Crippen LogP contribution in [0.5, 0.6) is 0 Å². The van der Waals surface area contributed by atoms with Gasteiger partial charge in [-0.15, -0.1) is 11.3 Å². The molecule has 0 fully saturated rings. The maximum Gasteiger partial charge on any atom is 0.259 e. The number of rotatable bonds is 8. The molecule has 6 heteroatoms. The second-order valence-electron chi connectivity index (χ2n) is 5.21. The van der Waals surface area contributed by atoms with E-state index in [1.54, 1.807) is 11.3 Å². The largest absolute Gasteiger partial charge is 0.310 e. The van der Waals surface area contributed by atoms with Gasteiger partial charge in [0, 0.05) is 4.88 Å². The minimum Gasteiger partial charge on any atom is -0.310 e. The van der Waals surface area contributed by atoms with Crippen LogP contribution in [0.15, 0.2) is 4.79 Å². The molecule has 0 aromatic carbocycles. The van der Waals surface area contributed by atoms with E-state index >= 15 is 0 Å². The zero-order chi connectivity index (χ0) is 15.2. The Kier molecular flexibility index (Phi) is 6.26. The van der Waals surface area contributed by atoms with E-state index in [0.717, 1.165) is 28.1 Å². The van der Waals surface area contributed by atoms with Gasteiger partial charge in [0.25, 0.3) is 5.56 Å². The van der Waals surface area contributed by atoms with Gasteiger partial charge in [-0.05, 0) is 50.8 Å². The molecular formula is C15H23N3OS2. The van der Waals surface area contributed by atoms with Crippen molar-refractivity contribution in [3.8, 4) is 0 Å². The van der Waals surface area contributed by atoms with Crippen LogP contribution in [0.4, 0.5) is 0 Å². The number of nitrogens with one attached hydrogen (secondary N) is 2. The summed E-state index contributed by atoms with van der Waals surface area (Å²) in [6.07, 6.45) is 5.84. The fourth-order valence-electron chi connectivity index (χ4n) is 2.26. The number of thioether (sulfide) groups is 1. The number of thiophene rings is 1. The number of H-pyrrole nitrogens is 1. The predicted molar refractivity (Wildman–Crippen MR) is 93.7 cm³/mol. The van der Waals surface area contributed by atoms with Gasteiger partial charge in [0.2, 0.25) is 0 Å². The minimum atomic E-state index is -0.0152. The van der Waals surface area contributed by atoms with Crippen molar-refractivity contribution in [3.05, 3.63) is 26.6 Å². The lowest BCUT2D eigenvalue weighted by molar-refractivity contribution is 0.605. The fourth-order valence-corrected chi connectivity index (χ4v) is 3.80. The molecule has 0 radical (unpaired) electrons. The Balaban J connectivity index is 1.90. The average Bonchev–Trinajstić information content (AvgIpc) is 2.73. The molecule has 0 aliphatic heterocycles. The zero-order valence-corrected chi connectivity index (χ0v) is 14.5. The van der Waals surface area contributed by atoms with Crippen molar-refractivity contribution in [3.63, 3.8) is 0 Å². The second kappa shape index (κ2) is 7.96. The number of hydrogen-bond acceptors (Lipinski definition) is 5. The molecule has 0 unspecified atom stereocenters. The van der Waals surface area contributed by atoms with Crippen LogP contribution in [0.3, 0.4) is 0 Å². The van der Waals surface area contributed by atoms with E-state index < -0.39 is 0 Å². The predicted octanol–water partition coefficient (Wildman–Crippen LogP) is 3.22. The molecule has 0 aliphatic rings. The maximum atomic E-state index is 12.1. The van der Waals surface area contributed by atoms with Gasteiger partial charge in [-0.25, -0.2) is 4.98 Å². The monoisotopic (exact) mass is 325 g/mol. The van der Waals surface area contributed by atoms with Crippen LogP contribution in [0.2, 0.25) is 0 Å². The lowest BCUT2D eigenvalue weighted by Crippen LogP contribution is -2.20. The van der Waals surface area contributed by atoms with Crippen molar-refractivity contribution < 1.29 is 0 Å². The third-order valence-electron chi connectivity index (χ3n) is 3.58. The van der Waals surface area contributed by atoms with Crippen LogP contribution in [0, 0.1) is 13.8 Å². The third kappa shape index (κ3) is 4.31. The minimum absolute atomic E-state index is 0.0152. The van der Waals surface area contributed by atoms with Gasteiger partial charge in [-0.1, -0.05) is 6.42 Å². The van der Waals surface area contributed by atoms with Gasteiger partial charge in [0.1, 0.15) is 10.7 Å². The summed E-state index contributed by atoms with van der Waals surface area (Å²) in [4.78, 5) is 21.6. The van der Waals surface area contributed by atoms with Crippen LogP contribution in [-0.2, 0) is 6.54 Å². The number of unbranched alkanes of at least 4 members (excludes halogenated alkanes) is 2. The van der Waals surface area contributed by atoms with Gasteiger partial charge in [0.05, 0.1) is 11.9 Å². The van der Waals surface area contributed by atoms with Gasteiger partial charge >= 0.3 is 0 Å². The van der Waals surface area contributed by atoms with Gasteiger partial charge < -0.3 is 10.3 Å². The molecule has 2 aromatic heterocycles. The molecule has 0 atom stereocenters. The van der Waals surface area contributed by atoms with Crippen molar-refractivity contribution in [2.45, 2.75) is 39.7 Å². The topological polar surface area (TPSA) is 57.8 Å². The van der Waals surface area contributed by atoms with Crippen LogP contribution in [0.1, 0.15) is 35.5 Å². The normalized spacial score (nSPS) is 11.4. The summed E-state index contributed by atoms with van der Waals surface area (Å²) in [6.45, 7) is 5.62. The van der Waals surface area contributed by atoms with Gasteiger partial charge in [-0.3, -0.25) is 4.79 Å². The van der Waals surface area contributed by atoms with Crippen molar-refractivity contribution in [2.75, 3.05) is 18.6 Å². The first-order chi connectivity index (χ1) is 10.1. The Bertz CT molecular complexity index is 648. The average molecular weight is 326 g/mol. The number of hydrogen-bond donors (Lipinski definition) is 2. The Morgan fingerprint density at radius 2 is 2.10 bits per heavy atom. The van der Waals surface area contributed by atoms with E-state index in [-0.39, 0.29) is 5.56 Å². The molecule has 0 saturated carbocycles. The first-order valence-corrected chi connectivity index (χ1v) is 9.53. The highest BCUT2D eigenvalue weighted by molar-refractivity contribution is 7.98. The Hall–Kier alpha value is -0.850. The number of aromatic nitrogens is 2. The fraction of sp³-hybridized carbons (Fsp3) is 0.600. The number of fused-ring (bicyclic) bond motifs is 1. The molecule has 2 heterocycles. The highest BCUT2D eigenvalue weighted by Gasteiger charge is 2.11. The van der Waals surface area contributed by atoms with Gasteiger partial charge in [0.15, 0.2) is 0 Å². The molecule has 4 nitrogen and oxygen atoms in total. The smallest absolute Gasteiger partial charge is 0.259 e. The van der Waals surface area contributed by atoms with E-state index in [2.05, 4.69) is 21.5 Å². The summed E-state index contributed by atoms with van der Waals surface area (Å²) in [6, 6.07) is 0. The molecule has 0 spiro atoms. The van der Waals surface area contributed by atoms with E-state index in [4.69, 9.17) is 0 Å². The number of nitrogens with zero attached hydrogens (tertiary/aromatic N) is 1. The zero-order valence-electron chi connectivity index (χ0n) is 12.9. The summed E-state index contributed by atoms with van der Waals surface area (Å²) >= 11 is 3.50. The highest BCUT2D eigenvalue weighted by Crippen LogP contribution is 2.25. The van der Waals surface area contributed by atoms with Crippen LogP contribution < -0.4 is 10.9 Å². The molecular weight excluding hydrogens is 302 g/mol. The van der Waals surface area contributed by atoms with Crippen molar-refractivity contribution in [2.24, 2.45) is 0 Å². The van der Waals surface area contributed by atoms with E-state index in [0.29, 0.717) is 6.54 Å². The SMILES string of the molecule is CSCCCCCNCc1nc2sc(C)c(C)c2c(=O)[nH]1. The van der Waals surface area contributed by atoms with E-state index in [1.165, 1.54) is 29.9 Å². The molecule has 21 heavy (non-hydrogen) atoms. The first kappa shape index (κ1) is 16.5. The number of aromatic amines is 1. The summed E-state index contributed by atoms with van der Waals surface area (Å²) in [5.41, 5.74) is 1.04. The van der Waals surface area contributed by atoms with E-state index in [1.807, 2.05) is 25.6 Å². The third-order valence-corrected chi connectivity index (χ3v) is 5.38. The van der Waals surface area contributed by atoms with Gasteiger partial charge in [-0.2, -0.15) is 11.8 Å². The summed E-state index contributed by atoms with van der Waals surface area (Å²) in [5.74, 6) is 1.97. The molecule has 0 bridgehead atoms.